The molecule has 38 heavy (non-hydrogen) atoms. The molecule has 1 atom stereocenters. The summed E-state index contributed by atoms with van der Waals surface area (Å²) in [5.41, 5.74) is 1.23. The van der Waals surface area contributed by atoms with Crippen molar-refractivity contribution >= 4 is 79.8 Å². The van der Waals surface area contributed by atoms with Gasteiger partial charge >= 0.3 is 0 Å². The van der Waals surface area contributed by atoms with Gasteiger partial charge in [0, 0.05) is 27.3 Å². The summed E-state index contributed by atoms with van der Waals surface area (Å²) in [7, 11) is 0. The Hall–Kier alpha value is -3.13. The third-order valence-corrected chi connectivity index (χ3v) is 6.60. The molecule has 0 saturated carbocycles. The molecule has 4 rings (SSSR count). The lowest BCUT2D eigenvalue weighted by atomic mass is 10.0. The minimum Gasteiger partial charge on any atom is -0.332 e. The van der Waals surface area contributed by atoms with Gasteiger partial charge in [-0.15, -0.1) is 0 Å². The van der Waals surface area contributed by atoms with Crippen LogP contribution < -0.4 is 10.6 Å². The number of carbonyl (C=O) groups is 2. The number of aromatic nitrogens is 3. The molecule has 0 radical (unpaired) electrons. The second kappa shape index (κ2) is 11.7. The van der Waals surface area contributed by atoms with Crippen LogP contribution in [0.1, 0.15) is 38.0 Å². The van der Waals surface area contributed by atoms with Gasteiger partial charge in [-0.1, -0.05) is 46.4 Å². The summed E-state index contributed by atoms with van der Waals surface area (Å²) in [6, 6.07) is 13.2. The van der Waals surface area contributed by atoms with Gasteiger partial charge in [-0.3, -0.25) is 9.59 Å². The highest BCUT2D eigenvalue weighted by molar-refractivity contribution is 9.10. The van der Waals surface area contributed by atoms with Crippen molar-refractivity contribution in [1.29, 1.82) is 5.26 Å². The number of amides is 2. The zero-order chi connectivity index (χ0) is 27.6. The van der Waals surface area contributed by atoms with Gasteiger partial charge in [0.15, 0.2) is 5.82 Å². The maximum absolute atomic E-state index is 13.4. The average Bonchev–Trinajstić information content (AvgIpc) is 3.24. The summed E-state index contributed by atoms with van der Waals surface area (Å²) in [5.74, 6) is -1.01. The molecule has 0 bridgehead atoms. The van der Waals surface area contributed by atoms with Crippen molar-refractivity contribution in [2.75, 3.05) is 5.32 Å². The zero-order valence-corrected chi connectivity index (χ0v) is 23.9. The second-order valence-corrected chi connectivity index (χ2v) is 10.4. The van der Waals surface area contributed by atoms with E-state index in [0.29, 0.717) is 25.8 Å². The number of anilines is 1. The summed E-state index contributed by atoms with van der Waals surface area (Å²) in [5, 5.41) is 20.5. The topological polar surface area (TPSA) is 113 Å². The fourth-order valence-corrected chi connectivity index (χ4v) is 5.01. The van der Waals surface area contributed by atoms with Gasteiger partial charge in [-0.05, 0) is 76.4 Å². The van der Waals surface area contributed by atoms with Crippen LogP contribution in [-0.4, -0.2) is 26.6 Å². The number of rotatable bonds is 6. The van der Waals surface area contributed by atoms with E-state index < -0.39 is 17.9 Å². The summed E-state index contributed by atoms with van der Waals surface area (Å²) < 4.78 is 1.65. The second-order valence-electron chi connectivity index (χ2n) is 7.91. The molecule has 0 aliphatic heterocycles. The number of nitriles is 1. The molecule has 192 valence electrons. The van der Waals surface area contributed by atoms with E-state index in [4.69, 9.17) is 46.4 Å². The molecule has 8 nitrogen and oxygen atoms in total. The van der Waals surface area contributed by atoms with Crippen LogP contribution in [0, 0.1) is 18.3 Å². The number of halogens is 5. The van der Waals surface area contributed by atoms with Crippen LogP contribution in [0.2, 0.25) is 20.1 Å². The number of hydrogen-bond donors (Lipinski definition) is 2. The SMILES string of the molecule is Cc1cc(Cl)cc(C(=O)NC(C#N)c2cc(Cl)cc(Cl)c2)c1NC(=O)c1cc(Br)nn1-c1ncccc1Cl. The van der Waals surface area contributed by atoms with Gasteiger partial charge < -0.3 is 10.6 Å². The monoisotopic (exact) mass is 650 g/mol. The normalized spacial score (nSPS) is 11.5. The quantitative estimate of drug-likeness (QED) is 0.229. The fourth-order valence-electron chi connectivity index (χ4n) is 3.62. The van der Waals surface area contributed by atoms with Crippen LogP contribution in [0.4, 0.5) is 5.69 Å². The Bertz CT molecular complexity index is 1600. The molecule has 2 amide bonds. The molecule has 0 saturated heterocycles. The number of aryl methyl sites for hydroxylation is 1. The lowest BCUT2D eigenvalue weighted by Crippen LogP contribution is -2.29. The third kappa shape index (κ3) is 6.12. The van der Waals surface area contributed by atoms with Crippen molar-refractivity contribution in [3.63, 3.8) is 0 Å². The molecule has 2 N–H and O–H groups in total. The summed E-state index contributed by atoms with van der Waals surface area (Å²) in [6.07, 6.45) is 1.52. The molecule has 4 aromatic rings. The predicted octanol–water partition coefficient (Wildman–Crippen LogP) is 7.20. The number of carbonyl (C=O) groups excluding carboxylic acids is 2. The Morgan fingerprint density at radius 2 is 1.71 bits per heavy atom. The highest BCUT2D eigenvalue weighted by Crippen LogP contribution is 2.29. The molecule has 2 aromatic heterocycles. The molecule has 2 aromatic carbocycles. The molecule has 0 fully saturated rings. The first kappa shape index (κ1) is 27.9. The molecule has 13 heteroatoms. The maximum Gasteiger partial charge on any atom is 0.274 e. The van der Waals surface area contributed by atoms with Gasteiger partial charge in [0.25, 0.3) is 11.8 Å². The fraction of sp³-hybridized carbons (Fsp3) is 0.0800. The Morgan fingerprint density at radius 1 is 1.03 bits per heavy atom. The summed E-state index contributed by atoms with van der Waals surface area (Å²) in [6.45, 7) is 1.68. The Labute approximate surface area is 245 Å². The number of nitrogens with one attached hydrogen (secondary N) is 2. The van der Waals surface area contributed by atoms with E-state index >= 15 is 0 Å². The number of pyridine rings is 1. The first-order valence-electron chi connectivity index (χ1n) is 10.7. The maximum atomic E-state index is 13.4. The van der Waals surface area contributed by atoms with Crippen LogP contribution in [0.15, 0.2) is 59.3 Å². The minimum absolute atomic E-state index is 0.0396. The third-order valence-electron chi connectivity index (χ3n) is 5.26. The molecule has 0 spiro atoms. The lowest BCUT2D eigenvalue weighted by Gasteiger charge is -2.17. The summed E-state index contributed by atoms with van der Waals surface area (Å²) >= 11 is 27.9. The first-order chi connectivity index (χ1) is 18.1. The van der Waals surface area contributed by atoms with Gasteiger partial charge in [-0.2, -0.15) is 10.4 Å². The van der Waals surface area contributed by atoms with Gasteiger partial charge in [0.1, 0.15) is 16.3 Å². The number of hydrogen-bond acceptors (Lipinski definition) is 5. The number of benzene rings is 2. The molecular formula is C25H15BrCl4N6O2. The first-order valence-corrected chi connectivity index (χ1v) is 13.0. The standard InChI is InChI=1S/C25H15BrCl4N6O2/c1-12-5-14(27)9-17(24(37)33-19(11-31)13-6-15(28)8-16(29)7-13)22(12)34-25(38)20-10-21(26)35-36(20)23-18(30)3-2-4-32-23/h2-10,19H,1H3,(H,33,37)(H,34,38). The Kier molecular flexibility index (Phi) is 8.61. The van der Waals surface area contributed by atoms with Crippen molar-refractivity contribution in [3.05, 3.63) is 102 Å². The van der Waals surface area contributed by atoms with Gasteiger partial charge in [-0.25, -0.2) is 9.67 Å². The molecule has 2 heterocycles. The van der Waals surface area contributed by atoms with Gasteiger partial charge in [0.05, 0.1) is 22.3 Å². The van der Waals surface area contributed by atoms with Crippen LogP contribution in [-0.2, 0) is 0 Å². The van der Waals surface area contributed by atoms with Crippen LogP contribution in [0.3, 0.4) is 0 Å². The minimum atomic E-state index is -1.08. The highest BCUT2D eigenvalue weighted by Gasteiger charge is 2.24. The van der Waals surface area contributed by atoms with Crippen LogP contribution in [0.25, 0.3) is 5.82 Å². The molecule has 1 unspecified atom stereocenters. The van der Waals surface area contributed by atoms with E-state index in [1.807, 2.05) is 6.07 Å². The molecular weight excluding hydrogens is 638 g/mol. The van der Waals surface area contributed by atoms with E-state index in [1.165, 1.54) is 41.2 Å². The van der Waals surface area contributed by atoms with E-state index in [-0.39, 0.29) is 32.8 Å². The highest BCUT2D eigenvalue weighted by atomic mass is 79.9. The van der Waals surface area contributed by atoms with E-state index in [2.05, 4.69) is 36.6 Å². The predicted molar refractivity (Wildman–Crippen MR) is 150 cm³/mol. The zero-order valence-electron chi connectivity index (χ0n) is 19.3. The average molecular weight is 653 g/mol. The van der Waals surface area contributed by atoms with E-state index in [1.54, 1.807) is 25.1 Å². The van der Waals surface area contributed by atoms with Crippen molar-refractivity contribution < 1.29 is 9.59 Å². The Morgan fingerprint density at radius 3 is 2.37 bits per heavy atom. The molecule has 0 aliphatic rings. The van der Waals surface area contributed by atoms with Gasteiger partial charge in [0.2, 0.25) is 0 Å². The lowest BCUT2D eigenvalue weighted by molar-refractivity contribution is 0.0946. The largest absolute Gasteiger partial charge is 0.332 e. The number of nitrogens with zero attached hydrogens (tertiary/aromatic N) is 4. The van der Waals surface area contributed by atoms with Crippen molar-refractivity contribution in [3.8, 4) is 11.9 Å². The van der Waals surface area contributed by atoms with E-state index in [0.717, 1.165) is 0 Å². The van der Waals surface area contributed by atoms with Crippen molar-refractivity contribution in [1.82, 2.24) is 20.1 Å². The van der Waals surface area contributed by atoms with Crippen molar-refractivity contribution in [2.24, 2.45) is 0 Å². The summed E-state index contributed by atoms with van der Waals surface area (Å²) in [4.78, 5) is 31.0. The smallest absolute Gasteiger partial charge is 0.274 e. The Balaban J connectivity index is 1.68. The van der Waals surface area contributed by atoms with E-state index in [9.17, 15) is 14.9 Å². The molecule has 0 aliphatic carbocycles. The van der Waals surface area contributed by atoms with Crippen LogP contribution >= 0.6 is 62.3 Å². The van der Waals surface area contributed by atoms with Crippen molar-refractivity contribution in [2.45, 2.75) is 13.0 Å². The van der Waals surface area contributed by atoms with Crippen LogP contribution in [0.5, 0.6) is 0 Å².